The molecule has 0 saturated carbocycles. The molecule has 1 rings (SSSR count). The molecule has 0 spiro atoms. The number of hydrogen-bond acceptors (Lipinski definition) is 2. The standard InChI is InChI=1S/C13H27N3O.HI/c1-4-6-9-15-13(14-5-2)16-11(3)12-8-7-10-17-12;/h11-12H,4-10H2,1-3H3,(H2,14,15,16);1H. The van der Waals surface area contributed by atoms with Gasteiger partial charge in [-0.1, -0.05) is 13.3 Å². The quantitative estimate of drug-likeness (QED) is 0.327. The summed E-state index contributed by atoms with van der Waals surface area (Å²) in [5, 5.41) is 6.71. The first-order chi connectivity index (χ1) is 8.27. The summed E-state index contributed by atoms with van der Waals surface area (Å²) in [7, 11) is 0. The predicted molar refractivity (Wildman–Crippen MR) is 87.9 cm³/mol. The van der Waals surface area contributed by atoms with Gasteiger partial charge < -0.3 is 15.4 Å². The molecule has 0 amide bonds. The fourth-order valence-electron chi connectivity index (χ4n) is 1.97. The maximum absolute atomic E-state index is 5.67. The van der Waals surface area contributed by atoms with Gasteiger partial charge in [-0.2, -0.15) is 0 Å². The summed E-state index contributed by atoms with van der Waals surface area (Å²) in [6.45, 7) is 9.14. The number of nitrogens with zero attached hydrogens (tertiary/aromatic N) is 1. The van der Waals surface area contributed by atoms with E-state index in [1.54, 1.807) is 0 Å². The lowest BCUT2D eigenvalue weighted by Gasteiger charge is -2.22. The van der Waals surface area contributed by atoms with Crippen molar-refractivity contribution in [2.24, 2.45) is 4.99 Å². The van der Waals surface area contributed by atoms with Crippen molar-refractivity contribution in [2.45, 2.75) is 58.6 Å². The second kappa shape index (κ2) is 10.8. The van der Waals surface area contributed by atoms with E-state index in [0.717, 1.165) is 38.5 Å². The van der Waals surface area contributed by atoms with Gasteiger partial charge in [-0.15, -0.1) is 24.0 Å². The topological polar surface area (TPSA) is 45.7 Å². The summed E-state index contributed by atoms with van der Waals surface area (Å²) in [4.78, 5) is 4.55. The van der Waals surface area contributed by atoms with Crippen molar-refractivity contribution < 1.29 is 4.74 Å². The molecule has 18 heavy (non-hydrogen) atoms. The molecule has 2 atom stereocenters. The molecular formula is C13H28IN3O. The maximum Gasteiger partial charge on any atom is 0.191 e. The van der Waals surface area contributed by atoms with Crippen LogP contribution in [0.4, 0.5) is 0 Å². The van der Waals surface area contributed by atoms with Crippen LogP contribution in [0.1, 0.15) is 46.5 Å². The van der Waals surface area contributed by atoms with Crippen LogP contribution in [0.25, 0.3) is 0 Å². The number of ether oxygens (including phenoxy) is 1. The normalized spacial score (nSPS) is 21.3. The van der Waals surface area contributed by atoms with Crippen molar-refractivity contribution in [3.05, 3.63) is 0 Å². The fraction of sp³-hybridized carbons (Fsp3) is 0.923. The molecule has 4 nitrogen and oxygen atoms in total. The average molecular weight is 369 g/mol. The Morgan fingerprint density at radius 1 is 1.44 bits per heavy atom. The van der Waals surface area contributed by atoms with Crippen LogP contribution in [0.15, 0.2) is 4.99 Å². The molecule has 1 saturated heterocycles. The number of guanidine groups is 1. The van der Waals surface area contributed by atoms with Gasteiger partial charge >= 0.3 is 0 Å². The van der Waals surface area contributed by atoms with E-state index >= 15 is 0 Å². The van der Waals surface area contributed by atoms with Crippen LogP contribution in [0.3, 0.4) is 0 Å². The second-order valence-electron chi connectivity index (χ2n) is 4.60. The number of nitrogens with one attached hydrogen (secondary N) is 2. The zero-order valence-corrected chi connectivity index (χ0v) is 14.2. The number of aliphatic imine (C=N–C) groups is 1. The summed E-state index contributed by atoms with van der Waals surface area (Å²) in [5.74, 6) is 0.920. The monoisotopic (exact) mass is 369 g/mol. The van der Waals surface area contributed by atoms with Crippen LogP contribution >= 0.6 is 24.0 Å². The number of rotatable bonds is 6. The number of unbranched alkanes of at least 4 members (excludes halogenated alkanes) is 1. The van der Waals surface area contributed by atoms with E-state index in [-0.39, 0.29) is 24.0 Å². The third-order valence-electron chi connectivity index (χ3n) is 3.01. The van der Waals surface area contributed by atoms with Crippen LogP contribution in [0, 0.1) is 0 Å². The zero-order valence-electron chi connectivity index (χ0n) is 11.9. The third-order valence-corrected chi connectivity index (χ3v) is 3.01. The maximum atomic E-state index is 5.67. The lowest BCUT2D eigenvalue weighted by Crippen LogP contribution is -2.47. The first-order valence-electron chi connectivity index (χ1n) is 6.94. The van der Waals surface area contributed by atoms with Crippen LogP contribution in [-0.4, -0.2) is 37.8 Å². The van der Waals surface area contributed by atoms with Crippen molar-refractivity contribution >= 4 is 29.9 Å². The zero-order chi connectivity index (χ0) is 12.5. The van der Waals surface area contributed by atoms with E-state index in [4.69, 9.17) is 4.74 Å². The summed E-state index contributed by atoms with van der Waals surface area (Å²) in [5.41, 5.74) is 0. The van der Waals surface area contributed by atoms with E-state index in [1.807, 2.05) is 0 Å². The molecule has 1 fully saturated rings. The molecule has 1 aliphatic heterocycles. The molecule has 0 bridgehead atoms. The van der Waals surface area contributed by atoms with Crippen molar-refractivity contribution in [1.82, 2.24) is 10.6 Å². The average Bonchev–Trinajstić information content (AvgIpc) is 2.83. The van der Waals surface area contributed by atoms with Gasteiger partial charge in [-0.3, -0.25) is 4.99 Å². The Kier molecular flexibility index (Phi) is 10.8. The molecular weight excluding hydrogens is 341 g/mol. The Bertz CT molecular complexity index is 230. The molecule has 2 N–H and O–H groups in total. The van der Waals surface area contributed by atoms with E-state index in [1.165, 1.54) is 12.8 Å². The van der Waals surface area contributed by atoms with Gasteiger partial charge in [0, 0.05) is 19.7 Å². The van der Waals surface area contributed by atoms with Crippen LogP contribution in [-0.2, 0) is 4.74 Å². The highest BCUT2D eigenvalue weighted by Gasteiger charge is 2.22. The van der Waals surface area contributed by atoms with Gasteiger partial charge in [-0.25, -0.2) is 0 Å². The lowest BCUT2D eigenvalue weighted by atomic mass is 10.1. The van der Waals surface area contributed by atoms with Crippen LogP contribution in [0.5, 0.6) is 0 Å². The first kappa shape index (κ1) is 18.0. The first-order valence-corrected chi connectivity index (χ1v) is 6.94. The summed E-state index contributed by atoms with van der Waals surface area (Å²) >= 11 is 0. The number of hydrogen-bond donors (Lipinski definition) is 2. The van der Waals surface area contributed by atoms with Crippen molar-refractivity contribution in [2.75, 3.05) is 19.7 Å². The molecule has 108 valence electrons. The molecule has 0 aliphatic carbocycles. The smallest absolute Gasteiger partial charge is 0.191 e. The molecule has 1 heterocycles. The van der Waals surface area contributed by atoms with E-state index in [2.05, 4.69) is 36.4 Å². The Hall–Kier alpha value is -0.0400. The van der Waals surface area contributed by atoms with Crippen molar-refractivity contribution in [1.29, 1.82) is 0 Å². The highest BCUT2D eigenvalue weighted by molar-refractivity contribution is 14.0. The van der Waals surface area contributed by atoms with Crippen LogP contribution in [0.2, 0.25) is 0 Å². The summed E-state index contributed by atoms with van der Waals surface area (Å²) in [6, 6.07) is 0.330. The number of halogens is 1. The second-order valence-corrected chi connectivity index (χ2v) is 4.60. The Labute approximate surface area is 128 Å². The highest BCUT2D eigenvalue weighted by atomic mass is 127. The molecule has 0 aromatic heterocycles. The molecule has 2 unspecified atom stereocenters. The minimum atomic E-state index is 0. The van der Waals surface area contributed by atoms with Crippen molar-refractivity contribution in [3.8, 4) is 0 Å². The SMILES string of the molecule is CCCCN=C(NCC)NC(C)C1CCCO1.I. The Morgan fingerprint density at radius 2 is 2.22 bits per heavy atom. The minimum Gasteiger partial charge on any atom is -0.376 e. The van der Waals surface area contributed by atoms with Gasteiger partial charge in [0.05, 0.1) is 12.1 Å². The van der Waals surface area contributed by atoms with Crippen molar-refractivity contribution in [3.63, 3.8) is 0 Å². The Balaban J connectivity index is 0.00000289. The van der Waals surface area contributed by atoms with Gasteiger partial charge in [-0.05, 0) is 33.1 Å². The third kappa shape index (κ3) is 6.78. The summed E-state index contributed by atoms with van der Waals surface area (Å²) in [6.07, 6.45) is 5.00. The minimum absolute atomic E-state index is 0. The molecule has 0 aromatic rings. The molecule has 0 radical (unpaired) electrons. The molecule has 1 aliphatic rings. The fourth-order valence-corrected chi connectivity index (χ4v) is 1.97. The van der Waals surface area contributed by atoms with Gasteiger partial charge in [0.1, 0.15) is 0 Å². The molecule has 5 heteroatoms. The van der Waals surface area contributed by atoms with Gasteiger partial charge in [0.2, 0.25) is 0 Å². The van der Waals surface area contributed by atoms with Crippen LogP contribution < -0.4 is 10.6 Å². The molecule has 0 aromatic carbocycles. The lowest BCUT2D eigenvalue weighted by molar-refractivity contribution is 0.0890. The van der Waals surface area contributed by atoms with E-state index in [0.29, 0.717) is 12.1 Å². The largest absolute Gasteiger partial charge is 0.376 e. The van der Waals surface area contributed by atoms with Gasteiger partial charge in [0.15, 0.2) is 5.96 Å². The summed E-state index contributed by atoms with van der Waals surface area (Å²) < 4.78 is 5.67. The highest BCUT2D eigenvalue weighted by Crippen LogP contribution is 2.15. The van der Waals surface area contributed by atoms with E-state index < -0.39 is 0 Å². The Morgan fingerprint density at radius 3 is 2.78 bits per heavy atom. The van der Waals surface area contributed by atoms with Gasteiger partial charge in [0.25, 0.3) is 0 Å². The van der Waals surface area contributed by atoms with E-state index in [9.17, 15) is 0 Å². The predicted octanol–water partition coefficient (Wildman–Crippen LogP) is 2.53.